The molecule has 0 saturated carbocycles. The molecule has 0 saturated heterocycles. The molecule has 0 aliphatic heterocycles. The van der Waals surface area contributed by atoms with Crippen molar-refractivity contribution in [3.8, 4) is 0 Å². The summed E-state index contributed by atoms with van der Waals surface area (Å²) in [5.74, 6) is -0.653. The minimum Gasteiger partial charge on any atom is -0.481 e. The van der Waals surface area contributed by atoms with Gasteiger partial charge in [0, 0.05) is 18.7 Å². The highest BCUT2D eigenvalue weighted by atomic mass is 16.4. The second-order valence-corrected chi connectivity index (χ2v) is 5.35. The fourth-order valence-electron chi connectivity index (χ4n) is 2.01. The van der Waals surface area contributed by atoms with Crippen molar-refractivity contribution in [3.63, 3.8) is 0 Å². The number of carbonyl (C=O) groups is 1. The Labute approximate surface area is 109 Å². The van der Waals surface area contributed by atoms with Crippen LogP contribution in [0.3, 0.4) is 0 Å². The summed E-state index contributed by atoms with van der Waals surface area (Å²) in [6.45, 7) is 10.6. The van der Waals surface area contributed by atoms with Crippen LogP contribution in [-0.2, 0) is 24.2 Å². The van der Waals surface area contributed by atoms with Gasteiger partial charge in [-0.15, -0.1) is 0 Å². The molecular weight excluding hydrogens is 228 g/mol. The monoisotopic (exact) mass is 252 g/mol. The van der Waals surface area contributed by atoms with Crippen LogP contribution >= 0.6 is 0 Å². The van der Waals surface area contributed by atoms with E-state index in [0.29, 0.717) is 6.42 Å². The van der Waals surface area contributed by atoms with Crippen LogP contribution in [0.5, 0.6) is 0 Å². The van der Waals surface area contributed by atoms with Crippen molar-refractivity contribution in [2.75, 3.05) is 0 Å². The van der Waals surface area contributed by atoms with Crippen LogP contribution in [0.25, 0.3) is 0 Å². The third-order valence-corrected chi connectivity index (χ3v) is 3.89. The largest absolute Gasteiger partial charge is 0.481 e. The third kappa shape index (κ3) is 2.74. The third-order valence-electron chi connectivity index (χ3n) is 3.89. The molecule has 0 fully saturated rings. The molecule has 18 heavy (non-hydrogen) atoms. The second kappa shape index (κ2) is 5.55. The van der Waals surface area contributed by atoms with E-state index in [0.717, 1.165) is 24.4 Å². The van der Waals surface area contributed by atoms with Gasteiger partial charge in [-0.1, -0.05) is 20.8 Å². The van der Waals surface area contributed by atoms with Gasteiger partial charge in [-0.3, -0.25) is 9.48 Å². The van der Waals surface area contributed by atoms with E-state index in [1.807, 2.05) is 38.4 Å². The van der Waals surface area contributed by atoms with Gasteiger partial charge in [0.05, 0.1) is 11.1 Å². The molecule has 0 spiro atoms. The van der Waals surface area contributed by atoms with Crippen LogP contribution in [0.4, 0.5) is 0 Å². The van der Waals surface area contributed by atoms with Gasteiger partial charge in [0.15, 0.2) is 0 Å². The van der Waals surface area contributed by atoms with Crippen molar-refractivity contribution in [1.29, 1.82) is 0 Å². The normalized spacial score (nSPS) is 14.8. The van der Waals surface area contributed by atoms with Crippen LogP contribution in [0.15, 0.2) is 6.07 Å². The fourth-order valence-corrected chi connectivity index (χ4v) is 2.01. The Hall–Kier alpha value is -1.32. The average Bonchev–Trinajstić information content (AvgIpc) is 2.70. The highest BCUT2D eigenvalue weighted by Gasteiger charge is 2.37. The van der Waals surface area contributed by atoms with Crippen LogP contribution in [0.2, 0.25) is 0 Å². The van der Waals surface area contributed by atoms with Crippen molar-refractivity contribution in [2.24, 2.45) is 11.3 Å². The van der Waals surface area contributed by atoms with Gasteiger partial charge in [0.1, 0.15) is 0 Å². The number of rotatable bonds is 6. The Morgan fingerprint density at radius 2 is 2.11 bits per heavy atom. The summed E-state index contributed by atoms with van der Waals surface area (Å²) in [6.07, 6.45) is 1.41. The Bertz CT molecular complexity index is 423. The Balaban J connectivity index is 3.08. The van der Waals surface area contributed by atoms with Crippen molar-refractivity contribution < 1.29 is 9.90 Å². The van der Waals surface area contributed by atoms with Gasteiger partial charge < -0.3 is 5.11 Å². The molecule has 1 aromatic heterocycles. The summed E-state index contributed by atoms with van der Waals surface area (Å²) in [5.41, 5.74) is 1.31. The lowest BCUT2D eigenvalue weighted by Crippen LogP contribution is -2.36. The van der Waals surface area contributed by atoms with E-state index in [4.69, 9.17) is 0 Å². The van der Waals surface area contributed by atoms with Crippen LogP contribution < -0.4 is 0 Å². The number of hydrogen-bond acceptors (Lipinski definition) is 2. The quantitative estimate of drug-likeness (QED) is 0.847. The molecule has 1 aromatic rings. The molecule has 102 valence electrons. The Morgan fingerprint density at radius 1 is 1.50 bits per heavy atom. The molecule has 0 aliphatic carbocycles. The molecule has 0 aliphatic rings. The first-order valence-electron chi connectivity index (χ1n) is 6.64. The first-order chi connectivity index (χ1) is 8.35. The minimum absolute atomic E-state index is 0.0836. The SMILES string of the molecule is CCc1cc(CC(C)(C(=O)O)C(C)C)n(CC)n1. The number of hydrogen-bond donors (Lipinski definition) is 1. The van der Waals surface area contributed by atoms with E-state index in [1.165, 1.54) is 0 Å². The zero-order chi connectivity index (χ0) is 13.9. The van der Waals surface area contributed by atoms with Gasteiger partial charge in [-0.05, 0) is 32.3 Å². The van der Waals surface area contributed by atoms with Gasteiger partial charge in [-0.25, -0.2) is 0 Å². The minimum atomic E-state index is -0.738. The number of nitrogens with zero attached hydrogens (tertiary/aromatic N) is 2. The summed E-state index contributed by atoms with van der Waals surface area (Å²) in [6, 6.07) is 2.03. The van der Waals surface area contributed by atoms with E-state index in [2.05, 4.69) is 12.0 Å². The van der Waals surface area contributed by atoms with Crippen molar-refractivity contribution in [2.45, 2.75) is 54.0 Å². The second-order valence-electron chi connectivity index (χ2n) is 5.35. The Kier molecular flexibility index (Phi) is 4.54. The molecule has 4 nitrogen and oxygen atoms in total. The zero-order valence-corrected chi connectivity index (χ0v) is 12.0. The summed E-state index contributed by atoms with van der Waals surface area (Å²) < 4.78 is 1.92. The van der Waals surface area contributed by atoms with Gasteiger partial charge in [0.2, 0.25) is 0 Å². The first-order valence-corrected chi connectivity index (χ1v) is 6.64. The smallest absolute Gasteiger partial charge is 0.310 e. The van der Waals surface area contributed by atoms with Crippen LogP contribution in [0, 0.1) is 11.3 Å². The predicted octanol–water partition coefficient (Wildman–Crippen LogP) is 2.75. The molecule has 1 heterocycles. The standard InChI is InChI=1S/C14H24N2O2/c1-6-11-8-12(16(7-2)15-11)9-14(5,10(3)4)13(17)18/h8,10H,6-7,9H2,1-5H3,(H,17,18). The molecule has 0 bridgehead atoms. The summed E-state index contributed by atoms with van der Waals surface area (Å²) in [7, 11) is 0. The molecular formula is C14H24N2O2. The number of aliphatic carboxylic acids is 1. The van der Waals surface area contributed by atoms with Gasteiger partial charge in [-0.2, -0.15) is 5.10 Å². The van der Waals surface area contributed by atoms with Crippen molar-refractivity contribution in [3.05, 3.63) is 17.5 Å². The maximum absolute atomic E-state index is 11.5. The predicted molar refractivity (Wildman–Crippen MR) is 71.6 cm³/mol. The lowest BCUT2D eigenvalue weighted by Gasteiger charge is -2.29. The van der Waals surface area contributed by atoms with E-state index in [1.54, 1.807) is 0 Å². The van der Waals surface area contributed by atoms with E-state index in [9.17, 15) is 9.90 Å². The molecule has 1 rings (SSSR count). The maximum atomic E-state index is 11.5. The van der Waals surface area contributed by atoms with E-state index < -0.39 is 11.4 Å². The molecule has 0 amide bonds. The van der Waals surface area contributed by atoms with E-state index >= 15 is 0 Å². The lowest BCUT2D eigenvalue weighted by molar-refractivity contribution is -0.150. The fraction of sp³-hybridized carbons (Fsp3) is 0.714. The van der Waals surface area contributed by atoms with E-state index in [-0.39, 0.29) is 5.92 Å². The zero-order valence-electron chi connectivity index (χ0n) is 12.0. The Morgan fingerprint density at radius 3 is 2.50 bits per heavy atom. The maximum Gasteiger partial charge on any atom is 0.310 e. The lowest BCUT2D eigenvalue weighted by atomic mass is 9.75. The highest BCUT2D eigenvalue weighted by molar-refractivity contribution is 5.74. The number of aryl methyl sites for hydroxylation is 2. The summed E-state index contributed by atoms with van der Waals surface area (Å²) in [5, 5.41) is 13.9. The van der Waals surface area contributed by atoms with Gasteiger partial charge >= 0.3 is 5.97 Å². The number of carboxylic acid groups (broad SMARTS) is 1. The summed E-state index contributed by atoms with van der Waals surface area (Å²) in [4.78, 5) is 11.5. The first kappa shape index (κ1) is 14.7. The topological polar surface area (TPSA) is 55.1 Å². The molecule has 0 radical (unpaired) electrons. The van der Waals surface area contributed by atoms with Crippen molar-refractivity contribution >= 4 is 5.97 Å². The highest BCUT2D eigenvalue weighted by Crippen LogP contribution is 2.32. The van der Waals surface area contributed by atoms with Crippen LogP contribution in [-0.4, -0.2) is 20.9 Å². The van der Waals surface area contributed by atoms with Crippen LogP contribution in [0.1, 0.15) is 46.0 Å². The number of carboxylic acids is 1. The summed E-state index contributed by atoms with van der Waals surface area (Å²) >= 11 is 0. The molecule has 1 unspecified atom stereocenters. The molecule has 4 heteroatoms. The number of aromatic nitrogens is 2. The molecule has 0 aromatic carbocycles. The molecule has 1 N–H and O–H groups in total. The van der Waals surface area contributed by atoms with Gasteiger partial charge in [0.25, 0.3) is 0 Å². The average molecular weight is 252 g/mol. The van der Waals surface area contributed by atoms with Crippen molar-refractivity contribution in [1.82, 2.24) is 9.78 Å². The molecule has 1 atom stereocenters.